The lowest BCUT2D eigenvalue weighted by Gasteiger charge is -2.09. The summed E-state index contributed by atoms with van der Waals surface area (Å²) < 4.78 is 0. The number of amides is 1. The molecule has 0 unspecified atom stereocenters. The molecule has 1 heterocycles. The molecule has 2 rings (SSSR count). The molecule has 16 heavy (non-hydrogen) atoms. The van der Waals surface area contributed by atoms with E-state index in [0.29, 0.717) is 5.56 Å². The largest absolute Gasteiger partial charge is 0.322 e. The van der Waals surface area contributed by atoms with Gasteiger partial charge in [-0.2, -0.15) is 11.3 Å². The third-order valence-corrected chi connectivity index (χ3v) is 3.32. The van der Waals surface area contributed by atoms with Crippen LogP contribution in [0, 0.1) is 13.8 Å². The summed E-state index contributed by atoms with van der Waals surface area (Å²) in [6.07, 6.45) is 0. The maximum atomic E-state index is 11.8. The van der Waals surface area contributed by atoms with Crippen molar-refractivity contribution < 1.29 is 4.79 Å². The first-order valence-corrected chi connectivity index (χ1v) is 6.02. The maximum Gasteiger partial charge on any atom is 0.256 e. The Morgan fingerprint density at radius 2 is 2.06 bits per heavy atom. The molecule has 1 aromatic carbocycles. The van der Waals surface area contributed by atoms with Crippen molar-refractivity contribution in [2.75, 3.05) is 5.32 Å². The van der Waals surface area contributed by atoms with E-state index in [1.807, 2.05) is 48.9 Å². The lowest BCUT2D eigenvalue weighted by molar-refractivity contribution is 0.102. The van der Waals surface area contributed by atoms with Crippen LogP contribution >= 0.6 is 11.3 Å². The Morgan fingerprint density at radius 1 is 1.25 bits per heavy atom. The van der Waals surface area contributed by atoms with Crippen LogP contribution in [-0.4, -0.2) is 5.91 Å². The summed E-state index contributed by atoms with van der Waals surface area (Å²) in [5, 5.41) is 6.67. The Kier molecular flexibility index (Phi) is 3.06. The van der Waals surface area contributed by atoms with Crippen molar-refractivity contribution in [3.8, 4) is 0 Å². The van der Waals surface area contributed by atoms with Crippen LogP contribution in [0.3, 0.4) is 0 Å². The average molecular weight is 231 g/mol. The molecule has 1 aromatic heterocycles. The van der Waals surface area contributed by atoms with Gasteiger partial charge >= 0.3 is 0 Å². The van der Waals surface area contributed by atoms with Crippen LogP contribution in [0.2, 0.25) is 0 Å². The normalized spacial score (nSPS) is 10.1. The molecule has 0 radical (unpaired) electrons. The predicted molar refractivity (Wildman–Crippen MR) is 68.2 cm³/mol. The van der Waals surface area contributed by atoms with Gasteiger partial charge in [0.2, 0.25) is 0 Å². The minimum absolute atomic E-state index is 0.0463. The van der Waals surface area contributed by atoms with Crippen LogP contribution in [0.25, 0.3) is 0 Å². The van der Waals surface area contributed by atoms with Crippen molar-refractivity contribution in [2.24, 2.45) is 0 Å². The fourth-order valence-electron chi connectivity index (χ4n) is 1.47. The Hall–Kier alpha value is -1.61. The van der Waals surface area contributed by atoms with Gasteiger partial charge in [-0.1, -0.05) is 12.1 Å². The monoisotopic (exact) mass is 231 g/mol. The van der Waals surface area contributed by atoms with Crippen LogP contribution in [0.15, 0.2) is 35.0 Å². The van der Waals surface area contributed by atoms with Crippen molar-refractivity contribution in [3.05, 3.63) is 51.7 Å². The van der Waals surface area contributed by atoms with Gasteiger partial charge in [-0.15, -0.1) is 0 Å². The number of anilines is 1. The van der Waals surface area contributed by atoms with Crippen molar-refractivity contribution >= 4 is 22.9 Å². The van der Waals surface area contributed by atoms with Crippen LogP contribution in [-0.2, 0) is 0 Å². The van der Waals surface area contributed by atoms with E-state index >= 15 is 0 Å². The minimum atomic E-state index is -0.0463. The SMILES string of the molecule is Cc1cccc(NC(=O)c2ccsc2)c1C. The zero-order chi connectivity index (χ0) is 11.5. The minimum Gasteiger partial charge on any atom is -0.322 e. The first kappa shape index (κ1) is 10.9. The molecule has 0 aliphatic carbocycles. The van der Waals surface area contributed by atoms with Gasteiger partial charge in [0.25, 0.3) is 5.91 Å². The van der Waals surface area contributed by atoms with E-state index in [1.165, 1.54) is 16.9 Å². The smallest absolute Gasteiger partial charge is 0.256 e. The molecular formula is C13H13NOS. The fraction of sp³-hybridized carbons (Fsp3) is 0.154. The second-order valence-electron chi connectivity index (χ2n) is 3.71. The van der Waals surface area contributed by atoms with Crippen molar-refractivity contribution in [2.45, 2.75) is 13.8 Å². The molecule has 0 bridgehead atoms. The van der Waals surface area contributed by atoms with Crippen molar-refractivity contribution in [1.29, 1.82) is 0 Å². The number of hydrogen-bond donors (Lipinski definition) is 1. The molecule has 82 valence electrons. The van der Waals surface area contributed by atoms with Gasteiger partial charge < -0.3 is 5.32 Å². The third kappa shape index (κ3) is 2.14. The van der Waals surface area contributed by atoms with Crippen LogP contribution in [0.4, 0.5) is 5.69 Å². The summed E-state index contributed by atoms with van der Waals surface area (Å²) >= 11 is 1.52. The standard InChI is InChI=1S/C13H13NOS/c1-9-4-3-5-12(10(9)2)14-13(15)11-6-7-16-8-11/h3-8H,1-2H3,(H,14,15). The molecule has 3 heteroatoms. The summed E-state index contributed by atoms with van der Waals surface area (Å²) in [6.45, 7) is 4.05. The molecule has 0 spiro atoms. The topological polar surface area (TPSA) is 29.1 Å². The van der Waals surface area contributed by atoms with E-state index in [-0.39, 0.29) is 5.91 Å². The molecule has 0 fully saturated rings. The summed E-state index contributed by atoms with van der Waals surface area (Å²) in [6, 6.07) is 7.73. The Balaban J connectivity index is 2.22. The van der Waals surface area contributed by atoms with E-state index in [9.17, 15) is 4.79 Å². The second kappa shape index (κ2) is 4.49. The zero-order valence-electron chi connectivity index (χ0n) is 9.28. The molecule has 0 aliphatic heterocycles. The molecule has 0 atom stereocenters. The number of benzene rings is 1. The average Bonchev–Trinajstić information content (AvgIpc) is 2.78. The molecule has 1 N–H and O–H groups in total. The summed E-state index contributed by atoms with van der Waals surface area (Å²) in [5.74, 6) is -0.0463. The molecule has 2 nitrogen and oxygen atoms in total. The van der Waals surface area contributed by atoms with E-state index in [2.05, 4.69) is 5.32 Å². The number of rotatable bonds is 2. The Bertz CT molecular complexity index is 503. The molecule has 1 amide bonds. The van der Waals surface area contributed by atoms with Gasteiger partial charge in [-0.05, 0) is 42.5 Å². The number of nitrogens with one attached hydrogen (secondary N) is 1. The third-order valence-electron chi connectivity index (χ3n) is 2.64. The lowest BCUT2D eigenvalue weighted by atomic mass is 10.1. The first-order chi connectivity index (χ1) is 7.68. The molecule has 0 aliphatic rings. The van der Waals surface area contributed by atoms with E-state index < -0.39 is 0 Å². The van der Waals surface area contributed by atoms with Gasteiger partial charge in [-0.25, -0.2) is 0 Å². The highest BCUT2D eigenvalue weighted by molar-refractivity contribution is 7.08. The molecule has 0 saturated heterocycles. The number of aryl methyl sites for hydroxylation is 1. The molecular weight excluding hydrogens is 218 g/mol. The molecule has 0 saturated carbocycles. The lowest BCUT2D eigenvalue weighted by Crippen LogP contribution is -2.11. The highest BCUT2D eigenvalue weighted by atomic mass is 32.1. The summed E-state index contributed by atoms with van der Waals surface area (Å²) in [7, 11) is 0. The highest BCUT2D eigenvalue weighted by Gasteiger charge is 2.08. The van der Waals surface area contributed by atoms with Gasteiger partial charge in [-0.3, -0.25) is 4.79 Å². The van der Waals surface area contributed by atoms with Crippen LogP contribution in [0.5, 0.6) is 0 Å². The summed E-state index contributed by atoms with van der Waals surface area (Å²) in [5.41, 5.74) is 3.90. The number of carbonyl (C=O) groups excluding carboxylic acids is 1. The first-order valence-electron chi connectivity index (χ1n) is 5.08. The Morgan fingerprint density at radius 3 is 2.75 bits per heavy atom. The quantitative estimate of drug-likeness (QED) is 0.840. The van der Waals surface area contributed by atoms with Gasteiger partial charge in [0.05, 0.1) is 5.56 Å². The van der Waals surface area contributed by atoms with Gasteiger partial charge in [0, 0.05) is 11.1 Å². The summed E-state index contributed by atoms with van der Waals surface area (Å²) in [4.78, 5) is 11.8. The van der Waals surface area contributed by atoms with Crippen LogP contribution < -0.4 is 5.32 Å². The van der Waals surface area contributed by atoms with Gasteiger partial charge in [0.15, 0.2) is 0 Å². The maximum absolute atomic E-state index is 11.8. The van der Waals surface area contributed by atoms with Crippen LogP contribution in [0.1, 0.15) is 21.5 Å². The number of hydrogen-bond acceptors (Lipinski definition) is 2. The Labute approximate surface area is 98.9 Å². The predicted octanol–water partition coefficient (Wildman–Crippen LogP) is 3.62. The fourth-order valence-corrected chi connectivity index (χ4v) is 2.11. The van der Waals surface area contributed by atoms with E-state index in [4.69, 9.17) is 0 Å². The van der Waals surface area contributed by atoms with Crippen molar-refractivity contribution in [1.82, 2.24) is 0 Å². The number of thiophene rings is 1. The van der Waals surface area contributed by atoms with Gasteiger partial charge in [0.1, 0.15) is 0 Å². The zero-order valence-corrected chi connectivity index (χ0v) is 10.1. The molecule has 2 aromatic rings. The highest BCUT2D eigenvalue weighted by Crippen LogP contribution is 2.19. The second-order valence-corrected chi connectivity index (χ2v) is 4.49. The number of carbonyl (C=O) groups is 1. The van der Waals surface area contributed by atoms with E-state index in [0.717, 1.165) is 11.3 Å². The van der Waals surface area contributed by atoms with E-state index in [1.54, 1.807) is 0 Å². The van der Waals surface area contributed by atoms with Crippen molar-refractivity contribution in [3.63, 3.8) is 0 Å².